The first kappa shape index (κ1) is 32.3. The minimum atomic E-state index is -4.22. The van der Waals surface area contributed by atoms with Crippen molar-refractivity contribution in [1.82, 2.24) is 0 Å². The smallest absolute Gasteiger partial charge is 0.394 e. The van der Waals surface area contributed by atoms with Gasteiger partial charge in [0.25, 0.3) is 0 Å². The summed E-state index contributed by atoms with van der Waals surface area (Å²) >= 11 is 0. The Balaban J connectivity index is -0.000000368. The zero-order valence-electron chi connectivity index (χ0n) is 17.8. The number of rotatable bonds is 17. The third kappa shape index (κ3) is 44.8. The van der Waals surface area contributed by atoms with Crippen LogP contribution in [0.4, 0.5) is 0 Å². The van der Waals surface area contributed by atoms with E-state index in [2.05, 4.69) is 11.1 Å². The molecular formula is C18H42O9S. The molecule has 0 unspecified atom stereocenters. The minimum absolute atomic E-state index is 0.0417. The topological polar surface area (TPSA) is 132 Å². The summed E-state index contributed by atoms with van der Waals surface area (Å²) in [4.78, 5) is 0. The highest BCUT2D eigenvalue weighted by molar-refractivity contribution is 7.80. The highest BCUT2D eigenvalue weighted by Crippen LogP contribution is 2.05. The molecule has 0 aromatic heterocycles. The van der Waals surface area contributed by atoms with Gasteiger partial charge in [0.2, 0.25) is 0 Å². The zero-order chi connectivity index (χ0) is 21.9. The summed E-state index contributed by atoms with van der Waals surface area (Å²) < 4.78 is 47.2. The van der Waals surface area contributed by atoms with E-state index in [0.717, 1.165) is 26.1 Å². The van der Waals surface area contributed by atoms with E-state index in [4.69, 9.17) is 29.0 Å². The maximum Gasteiger partial charge on any atom is 0.397 e. The molecule has 9 nitrogen and oxygen atoms in total. The van der Waals surface area contributed by atoms with Crippen LogP contribution in [0.25, 0.3) is 0 Å². The fourth-order valence-corrected chi connectivity index (χ4v) is 2.03. The summed E-state index contributed by atoms with van der Waals surface area (Å²) in [5.41, 5.74) is 0. The highest BCUT2D eigenvalue weighted by Gasteiger charge is 2.02. The van der Waals surface area contributed by atoms with Crippen molar-refractivity contribution in [2.24, 2.45) is 0 Å². The molecule has 3 N–H and O–H groups in total. The van der Waals surface area contributed by atoms with Gasteiger partial charge in [0.1, 0.15) is 0 Å². The molecule has 10 heteroatoms. The number of aliphatic hydroxyl groups excluding tert-OH is 2. The summed E-state index contributed by atoms with van der Waals surface area (Å²) in [5.74, 6) is 0. The van der Waals surface area contributed by atoms with E-state index in [9.17, 15) is 8.42 Å². The SMILES string of the molecule is CCCCCCCCOS(=O)(=O)O.CCOCC.OCCOCCOCCO. The molecule has 0 aliphatic carbocycles. The first-order valence-electron chi connectivity index (χ1n) is 9.96. The van der Waals surface area contributed by atoms with E-state index >= 15 is 0 Å². The highest BCUT2D eigenvalue weighted by atomic mass is 32.3. The van der Waals surface area contributed by atoms with Crippen molar-refractivity contribution in [2.75, 3.05) is 59.5 Å². The third-order valence-corrected chi connectivity index (χ3v) is 3.45. The molecule has 0 amide bonds. The van der Waals surface area contributed by atoms with E-state index in [1.807, 2.05) is 13.8 Å². The van der Waals surface area contributed by atoms with Gasteiger partial charge in [-0.05, 0) is 20.3 Å². The van der Waals surface area contributed by atoms with Crippen molar-refractivity contribution >= 4 is 10.4 Å². The molecule has 0 heterocycles. The van der Waals surface area contributed by atoms with Gasteiger partial charge in [0.05, 0.1) is 46.2 Å². The van der Waals surface area contributed by atoms with Crippen LogP contribution >= 0.6 is 0 Å². The van der Waals surface area contributed by atoms with E-state index in [1.54, 1.807) is 0 Å². The Hall–Kier alpha value is -0.330. The van der Waals surface area contributed by atoms with Crippen molar-refractivity contribution in [3.8, 4) is 0 Å². The Morgan fingerprint density at radius 1 is 0.643 bits per heavy atom. The van der Waals surface area contributed by atoms with Gasteiger partial charge in [0, 0.05) is 13.2 Å². The second-order valence-electron chi connectivity index (χ2n) is 5.47. The third-order valence-electron chi connectivity index (χ3n) is 2.98. The standard InChI is InChI=1S/C8H18O4S.C6H14O4.C4H10O/c1-2-3-4-5-6-7-8-12-13(9,10)11;7-1-3-9-5-6-10-4-2-8;1-3-5-4-2/h2-8H2,1H3,(H,9,10,11);7-8H,1-6H2;3-4H2,1-2H3. The van der Waals surface area contributed by atoms with E-state index in [-0.39, 0.29) is 19.8 Å². The van der Waals surface area contributed by atoms with Crippen LogP contribution in [-0.4, -0.2) is 82.6 Å². The molecule has 0 fully saturated rings. The number of aliphatic hydroxyl groups is 2. The molecule has 0 bridgehead atoms. The average molecular weight is 435 g/mol. The second kappa shape index (κ2) is 28.9. The number of hydrogen-bond acceptors (Lipinski definition) is 8. The van der Waals surface area contributed by atoms with Crippen LogP contribution in [0.1, 0.15) is 59.3 Å². The summed E-state index contributed by atoms with van der Waals surface area (Å²) in [6.07, 6.45) is 6.34. The fourth-order valence-electron chi connectivity index (χ4n) is 1.70. The molecule has 28 heavy (non-hydrogen) atoms. The lowest BCUT2D eigenvalue weighted by molar-refractivity contribution is 0.0222. The number of hydrogen-bond donors (Lipinski definition) is 3. The second-order valence-corrected chi connectivity index (χ2v) is 6.56. The van der Waals surface area contributed by atoms with Crippen molar-refractivity contribution in [2.45, 2.75) is 59.3 Å². The minimum Gasteiger partial charge on any atom is -0.394 e. The van der Waals surface area contributed by atoms with Crippen molar-refractivity contribution < 1.29 is 41.6 Å². The molecule has 0 saturated carbocycles. The van der Waals surface area contributed by atoms with Gasteiger partial charge < -0.3 is 24.4 Å². The largest absolute Gasteiger partial charge is 0.397 e. The predicted molar refractivity (Wildman–Crippen MR) is 109 cm³/mol. The van der Waals surface area contributed by atoms with Gasteiger partial charge in [-0.1, -0.05) is 39.0 Å². The van der Waals surface area contributed by atoms with Gasteiger partial charge in [-0.25, -0.2) is 4.18 Å². The van der Waals surface area contributed by atoms with Gasteiger partial charge in [-0.3, -0.25) is 4.55 Å². The molecule has 0 aliphatic heterocycles. The van der Waals surface area contributed by atoms with Crippen molar-refractivity contribution in [1.29, 1.82) is 0 Å². The summed E-state index contributed by atoms with van der Waals surface area (Å²) in [6.45, 7) is 9.62. The molecule has 0 atom stereocenters. The van der Waals surface area contributed by atoms with Crippen LogP contribution in [0.3, 0.4) is 0 Å². The van der Waals surface area contributed by atoms with Crippen LogP contribution in [-0.2, 0) is 28.8 Å². The quantitative estimate of drug-likeness (QED) is 0.233. The lowest BCUT2D eigenvalue weighted by Gasteiger charge is -2.01. The lowest BCUT2D eigenvalue weighted by atomic mass is 10.1. The lowest BCUT2D eigenvalue weighted by Crippen LogP contribution is -2.09. The predicted octanol–water partition coefficient (Wildman–Crippen LogP) is 2.21. The maximum atomic E-state index is 10.1. The number of unbranched alkanes of at least 4 members (excludes halogenated alkanes) is 5. The monoisotopic (exact) mass is 434 g/mol. The van der Waals surface area contributed by atoms with Gasteiger partial charge in [-0.2, -0.15) is 8.42 Å². The molecule has 0 aliphatic rings. The van der Waals surface area contributed by atoms with Crippen LogP contribution in [0.15, 0.2) is 0 Å². The maximum absolute atomic E-state index is 10.1. The van der Waals surface area contributed by atoms with Crippen LogP contribution in [0.2, 0.25) is 0 Å². The Kier molecular flexibility index (Phi) is 33.3. The summed E-state index contributed by atoms with van der Waals surface area (Å²) in [7, 11) is -4.22. The molecule has 0 aromatic carbocycles. The normalized spacial score (nSPS) is 10.6. The summed E-state index contributed by atoms with van der Waals surface area (Å²) in [5, 5.41) is 16.5. The van der Waals surface area contributed by atoms with Crippen LogP contribution < -0.4 is 0 Å². The molecule has 0 saturated heterocycles. The zero-order valence-corrected chi connectivity index (χ0v) is 18.6. The Morgan fingerprint density at radius 2 is 1.11 bits per heavy atom. The first-order chi connectivity index (χ1) is 13.4. The molecule has 0 rings (SSSR count). The molecule has 0 radical (unpaired) electrons. The van der Waals surface area contributed by atoms with Gasteiger partial charge in [-0.15, -0.1) is 0 Å². The molecular weight excluding hydrogens is 392 g/mol. The molecule has 174 valence electrons. The Bertz CT molecular complexity index is 341. The Morgan fingerprint density at radius 3 is 1.46 bits per heavy atom. The van der Waals surface area contributed by atoms with Gasteiger partial charge >= 0.3 is 10.4 Å². The first-order valence-corrected chi connectivity index (χ1v) is 11.3. The summed E-state index contributed by atoms with van der Waals surface area (Å²) in [6, 6.07) is 0. The van der Waals surface area contributed by atoms with Crippen molar-refractivity contribution in [3.05, 3.63) is 0 Å². The van der Waals surface area contributed by atoms with Crippen LogP contribution in [0.5, 0.6) is 0 Å². The van der Waals surface area contributed by atoms with E-state index in [0.29, 0.717) is 32.8 Å². The van der Waals surface area contributed by atoms with E-state index < -0.39 is 10.4 Å². The van der Waals surface area contributed by atoms with Crippen molar-refractivity contribution in [3.63, 3.8) is 0 Å². The fraction of sp³-hybridized carbons (Fsp3) is 1.00. The van der Waals surface area contributed by atoms with Crippen LogP contribution in [0, 0.1) is 0 Å². The van der Waals surface area contributed by atoms with Gasteiger partial charge in [0.15, 0.2) is 0 Å². The molecule has 0 aromatic rings. The average Bonchev–Trinajstić information content (AvgIpc) is 2.65. The Labute approximate surface area is 171 Å². The van der Waals surface area contributed by atoms with E-state index in [1.165, 1.54) is 19.3 Å². The number of ether oxygens (including phenoxy) is 3. The molecule has 0 spiro atoms.